The van der Waals surface area contributed by atoms with Gasteiger partial charge in [-0.2, -0.15) is 0 Å². The third kappa shape index (κ3) is 4.64. The van der Waals surface area contributed by atoms with Gasteiger partial charge in [0.25, 0.3) is 0 Å². The van der Waals surface area contributed by atoms with Gasteiger partial charge in [-0.25, -0.2) is 9.37 Å². The number of aromatic nitrogens is 1. The van der Waals surface area contributed by atoms with Gasteiger partial charge in [-0.15, -0.1) is 0 Å². The molecular weight excluding hydrogens is 337 g/mol. The van der Waals surface area contributed by atoms with E-state index in [9.17, 15) is 19.1 Å². The van der Waals surface area contributed by atoms with Crippen LogP contribution in [-0.4, -0.2) is 34.6 Å². The van der Waals surface area contributed by atoms with Gasteiger partial charge in [0.15, 0.2) is 11.0 Å². The van der Waals surface area contributed by atoms with Crippen LogP contribution < -0.4 is 11.1 Å². The van der Waals surface area contributed by atoms with E-state index in [0.29, 0.717) is 6.54 Å². The normalized spacial score (nSPS) is 14.5. The molecule has 0 aliphatic rings. The monoisotopic (exact) mass is 359 g/mol. The average Bonchev–Trinajstić information content (AvgIpc) is 2.46. The number of carboxylic acid groups (broad SMARTS) is 1. The number of carbonyl (C=O) groups excluding carboxylic acids is 1. The number of carboxylic acids is 1. The van der Waals surface area contributed by atoms with E-state index < -0.39 is 34.8 Å². The Kier molecular flexibility index (Phi) is 6.68. The van der Waals surface area contributed by atoms with Gasteiger partial charge in [-0.3, -0.25) is 9.59 Å². The Balaban J connectivity index is 3.20. The largest absolute Gasteiger partial charge is 0.480 e. The van der Waals surface area contributed by atoms with E-state index in [-0.39, 0.29) is 16.9 Å². The zero-order chi connectivity index (χ0) is 18.7. The van der Waals surface area contributed by atoms with E-state index in [1.807, 2.05) is 27.7 Å². The first-order valence-electron chi connectivity index (χ1n) is 7.54. The second kappa shape index (κ2) is 7.90. The topological polar surface area (TPSA) is 105 Å². The first-order valence-corrected chi connectivity index (χ1v) is 7.92. The highest BCUT2D eigenvalue weighted by Gasteiger charge is 2.37. The molecule has 1 rings (SSSR count). The number of nitrogens with zero attached hydrogens (tertiary/aromatic N) is 1. The summed E-state index contributed by atoms with van der Waals surface area (Å²) < 4.78 is 14.2. The number of aliphatic carboxylic acids is 1. The van der Waals surface area contributed by atoms with Gasteiger partial charge < -0.3 is 16.2 Å². The molecule has 0 fully saturated rings. The summed E-state index contributed by atoms with van der Waals surface area (Å²) in [6.45, 7) is 8.25. The Bertz CT molecular complexity index is 623. The molecular formula is C16H23ClFN3O3. The molecule has 0 radical (unpaired) electrons. The number of nitrogens with two attached hydrogens (primary N) is 1. The molecule has 0 saturated heterocycles. The highest BCUT2D eigenvalue weighted by Crippen LogP contribution is 2.28. The van der Waals surface area contributed by atoms with Crippen molar-refractivity contribution in [3.8, 4) is 0 Å². The van der Waals surface area contributed by atoms with Crippen molar-refractivity contribution < 1.29 is 19.1 Å². The molecule has 134 valence electrons. The van der Waals surface area contributed by atoms with Gasteiger partial charge in [0, 0.05) is 18.3 Å². The standard InChI is InChI=1S/C16H23ClFN3O3/c1-8(2)16(3,4)7-21-12(15(23)24)10(14(19)22)9-5-6-20-13(17)11(9)18/h5-6,8,10,12,21H,7H2,1-4H3,(H2,19,22)(H,23,24)/t10-,12+/m0/s1. The molecule has 1 aromatic rings. The summed E-state index contributed by atoms with van der Waals surface area (Å²) in [6, 6.07) is -0.171. The van der Waals surface area contributed by atoms with E-state index in [1.54, 1.807) is 0 Å². The highest BCUT2D eigenvalue weighted by atomic mass is 35.5. The molecule has 0 saturated carbocycles. The van der Waals surface area contributed by atoms with Gasteiger partial charge in [-0.1, -0.05) is 39.3 Å². The molecule has 0 unspecified atom stereocenters. The number of halogens is 2. The maximum absolute atomic E-state index is 14.2. The second-order valence-corrected chi connectivity index (χ2v) is 7.08. The SMILES string of the molecule is CC(C)C(C)(C)CN[C@@H](C(=O)O)[C@@H](C(N)=O)c1ccnc(Cl)c1F. The van der Waals surface area contributed by atoms with Crippen LogP contribution in [0.2, 0.25) is 5.15 Å². The fourth-order valence-corrected chi connectivity index (χ4v) is 2.26. The number of hydrogen-bond acceptors (Lipinski definition) is 4. The van der Waals surface area contributed by atoms with E-state index in [1.165, 1.54) is 12.3 Å². The van der Waals surface area contributed by atoms with Crippen molar-refractivity contribution in [1.82, 2.24) is 10.3 Å². The molecule has 0 aliphatic heterocycles. The molecule has 8 heteroatoms. The van der Waals surface area contributed by atoms with Crippen LogP contribution in [0, 0.1) is 17.2 Å². The number of rotatable bonds is 8. The molecule has 0 bridgehead atoms. The Morgan fingerprint density at radius 2 is 2.04 bits per heavy atom. The summed E-state index contributed by atoms with van der Waals surface area (Å²) in [6.07, 6.45) is 1.20. The molecule has 2 atom stereocenters. The number of amides is 1. The molecule has 6 nitrogen and oxygen atoms in total. The van der Waals surface area contributed by atoms with Gasteiger partial charge in [0.05, 0.1) is 5.92 Å². The second-order valence-electron chi connectivity index (χ2n) is 6.73. The molecule has 1 heterocycles. The van der Waals surface area contributed by atoms with Crippen LogP contribution >= 0.6 is 11.6 Å². The van der Waals surface area contributed by atoms with E-state index >= 15 is 0 Å². The average molecular weight is 360 g/mol. The molecule has 0 aliphatic carbocycles. The summed E-state index contributed by atoms with van der Waals surface area (Å²) in [4.78, 5) is 27.1. The zero-order valence-electron chi connectivity index (χ0n) is 14.1. The fourth-order valence-electron chi connectivity index (χ4n) is 2.09. The maximum Gasteiger partial charge on any atom is 0.321 e. The number of primary amides is 1. The molecule has 1 aromatic heterocycles. The lowest BCUT2D eigenvalue weighted by Crippen LogP contribution is -2.50. The summed E-state index contributed by atoms with van der Waals surface area (Å²) in [5.74, 6) is -4.35. The van der Waals surface area contributed by atoms with Crippen LogP contribution in [-0.2, 0) is 9.59 Å². The first kappa shape index (κ1) is 20.3. The van der Waals surface area contributed by atoms with E-state index in [2.05, 4.69) is 10.3 Å². The molecule has 4 N–H and O–H groups in total. The lowest BCUT2D eigenvalue weighted by molar-refractivity contribution is -0.142. The van der Waals surface area contributed by atoms with Crippen molar-refractivity contribution in [3.63, 3.8) is 0 Å². The lowest BCUT2D eigenvalue weighted by Gasteiger charge is -2.32. The van der Waals surface area contributed by atoms with Crippen LogP contribution in [0.15, 0.2) is 12.3 Å². The Morgan fingerprint density at radius 1 is 1.46 bits per heavy atom. The van der Waals surface area contributed by atoms with Gasteiger partial charge >= 0.3 is 5.97 Å². The van der Waals surface area contributed by atoms with Crippen molar-refractivity contribution in [2.75, 3.05) is 6.54 Å². The van der Waals surface area contributed by atoms with Crippen molar-refractivity contribution in [2.45, 2.75) is 39.7 Å². The molecule has 24 heavy (non-hydrogen) atoms. The quantitative estimate of drug-likeness (QED) is 0.617. The number of nitrogens with one attached hydrogen (secondary N) is 1. The Hall–Kier alpha value is -1.73. The molecule has 0 spiro atoms. The minimum absolute atomic E-state index is 0.190. The Morgan fingerprint density at radius 3 is 2.50 bits per heavy atom. The highest BCUT2D eigenvalue weighted by molar-refractivity contribution is 6.29. The van der Waals surface area contributed by atoms with Crippen LogP contribution in [0.4, 0.5) is 4.39 Å². The van der Waals surface area contributed by atoms with Crippen molar-refractivity contribution in [1.29, 1.82) is 0 Å². The lowest BCUT2D eigenvalue weighted by atomic mass is 9.80. The smallest absolute Gasteiger partial charge is 0.321 e. The maximum atomic E-state index is 14.2. The first-order chi connectivity index (χ1) is 11.0. The number of pyridine rings is 1. The van der Waals surface area contributed by atoms with E-state index in [0.717, 1.165) is 0 Å². The predicted octanol–water partition coefficient (Wildman–Crippen LogP) is 2.17. The zero-order valence-corrected chi connectivity index (χ0v) is 14.9. The van der Waals surface area contributed by atoms with Gasteiger partial charge in [0.2, 0.25) is 5.91 Å². The summed E-state index contributed by atoms with van der Waals surface area (Å²) in [7, 11) is 0. The third-order valence-electron chi connectivity index (χ3n) is 4.46. The summed E-state index contributed by atoms with van der Waals surface area (Å²) in [5.41, 5.74) is 4.93. The minimum Gasteiger partial charge on any atom is -0.480 e. The fraction of sp³-hybridized carbons (Fsp3) is 0.562. The van der Waals surface area contributed by atoms with Crippen molar-refractivity contribution in [3.05, 3.63) is 28.8 Å². The summed E-state index contributed by atoms with van der Waals surface area (Å²) in [5, 5.41) is 11.9. The number of carbonyl (C=O) groups is 2. The van der Waals surface area contributed by atoms with Crippen LogP contribution in [0.3, 0.4) is 0 Å². The van der Waals surface area contributed by atoms with Crippen LogP contribution in [0.1, 0.15) is 39.2 Å². The minimum atomic E-state index is -1.41. The number of hydrogen-bond donors (Lipinski definition) is 3. The van der Waals surface area contributed by atoms with Crippen LogP contribution in [0.5, 0.6) is 0 Å². The summed E-state index contributed by atoms with van der Waals surface area (Å²) >= 11 is 5.63. The van der Waals surface area contributed by atoms with Crippen molar-refractivity contribution in [2.24, 2.45) is 17.1 Å². The van der Waals surface area contributed by atoms with E-state index in [4.69, 9.17) is 17.3 Å². The third-order valence-corrected chi connectivity index (χ3v) is 4.72. The molecule has 0 aromatic carbocycles. The predicted molar refractivity (Wildman–Crippen MR) is 89.2 cm³/mol. The molecule has 1 amide bonds. The Labute approximate surface area is 145 Å². The van der Waals surface area contributed by atoms with Gasteiger partial charge in [0.1, 0.15) is 6.04 Å². The van der Waals surface area contributed by atoms with Crippen LogP contribution in [0.25, 0.3) is 0 Å². The van der Waals surface area contributed by atoms with Crippen molar-refractivity contribution >= 4 is 23.5 Å². The van der Waals surface area contributed by atoms with Gasteiger partial charge in [-0.05, 0) is 17.4 Å².